The van der Waals surface area contributed by atoms with Crippen LogP contribution in [0.25, 0.3) is 0 Å². The molecule has 0 aliphatic carbocycles. The van der Waals surface area contributed by atoms with Crippen molar-refractivity contribution >= 4 is 33.8 Å². The fraction of sp³-hybridized carbons (Fsp3) is 0.471. The van der Waals surface area contributed by atoms with Gasteiger partial charge in [-0.1, -0.05) is 29.8 Å². The minimum Gasteiger partial charge on any atom is -0.494 e. The van der Waals surface area contributed by atoms with E-state index in [1.54, 1.807) is 0 Å². The second kappa shape index (κ2) is 11.5. The molecule has 0 aliphatic heterocycles. The van der Waals surface area contributed by atoms with Gasteiger partial charge >= 0.3 is 12.0 Å². The van der Waals surface area contributed by atoms with E-state index in [2.05, 4.69) is 26.6 Å². The lowest BCUT2D eigenvalue weighted by atomic mass is 10.2. The minimum atomic E-state index is -0.666. The van der Waals surface area contributed by atoms with Crippen LogP contribution in [-0.2, 0) is 14.3 Å². The molecule has 0 bridgehead atoms. The average Bonchev–Trinajstić information content (AvgIpc) is 2.56. The number of urea groups is 1. The molecule has 3 amide bonds. The summed E-state index contributed by atoms with van der Waals surface area (Å²) in [5, 5.41) is 4.62. The zero-order chi connectivity index (χ0) is 18.7. The lowest BCUT2D eigenvalue weighted by Gasteiger charge is -2.09. The van der Waals surface area contributed by atoms with Crippen molar-refractivity contribution in [1.29, 1.82) is 0 Å². The number of amides is 3. The van der Waals surface area contributed by atoms with Crippen LogP contribution in [0.1, 0.15) is 26.7 Å². The van der Waals surface area contributed by atoms with Gasteiger partial charge in [0.05, 0.1) is 6.61 Å². The monoisotopic (exact) mass is 414 g/mol. The summed E-state index contributed by atoms with van der Waals surface area (Å²) in [6.45, 7) is 4.20. The van der Waals surface area contributed by atoms with Gasteiger partial charge in [0.25, 0.3) is 5.91 Å². The van der Waals surface area contributed by atoms with E-state index in [0.29, 0.717) is 25.3 Å². The minimum absolute atomic E-state index is 0.128. The third-order valence-electron chi connectivity index (χ3n) is 2.90. The van der Waals surface area contributed by atoms with Crippen LogP contribution in [0.5, 0.6) is 5.75 Å². The molecule has 0 unspecified atom stereocenters. The van der Waals surface area contributed by atoms with Crippen LogP contribution in [0.3, 0.4) is 0 Å². The van der Waals surface area contributed by atoms with E-state index < -0.39 is 24.5 Å². The first-order valence-electron chi connectivity index (χ1n) is 7.98. The lowest BCUT2D eigenvalue weighted by Crippen LogP contribution is -2.42. The summed E-state index contributed by atoms with van der Waals surface area (Å²) in [6, 6.07) is 6.75. The van der Waals surface area contributed by atoms with Crippen molar-refractivity contribution < 1.29 is 23.9 Å². The highest BCUT2D eigenvalue weighted by molar-refractivity contribution is 9.10. The Kier molecular flexibility index (Phi) is 9.61. The third kappa shape index (κ3) is 10.4. The predicted octanol–water partition coefficient (Wildman–Crippen LogP) is 2.63. The molecule has 1 aromatic rings. The van der Waals surface area contributed by atoms with E-state index in [4.69, 9.17) is 9.47 Å². The second-order valence-electron chi connectivity index (χ2n) is 5.72. The molecule has 0 saturated heterocycles. The van der Waals surface area contributed by atoms with E-state index in [9.17, 15) is 14.4 Å². The van der Waals surface area contributed by atoms with Gasteiger partial charge in [-0.2, -0.15) is 0 Å². The molecule has 1 rings (SSSR count). The van der Waals surface area contributed by atoms with E-state index in [1.807, 2.05) is 38.1 Å². The number of benzene rings is 1. The maximum Gasteiger partial charge on any atom is 0.321 e. The van der Waals surface area contributed by atoms with Crippen LogP contribution in [0, 0.1) is 5.92 Å². The molecule has 8 heteroatoms. The number of rotatable bonds is 9. The number of hydrogen-bond acceptors (Lipinski definition) is 5. The molecule has 25 heavy (non-hydrogen) atoms. The highest BCUT2D eigenvalue weighted by atomic mass is 79.9. The van der Waals surface area contributed by atoms with Crippen LogP contribution < -0.4 is 15.4 Å². The Morgan fingerprint density at radius 3 is 2.48 bits per heavy atom. The Balaban J connectivity index is 2.10. The molecule has 0 atom stereocenters. The van der Waals surface area contributed by atoms with Crippen molar-refractivity contribution in [3.8, 4) is 5.75 Å². The maximum atomic E-state index is 11.5. The first-order valence-corrected chi connectivity index (χ1v) is 8.77. The first kappa shape index (κ1) is 21.0. The first-order chi connectivity index (χ1) is 11.9. The number of esters is 1. The van der Waals surface area contributed by atoms with Crippen LogP contribution in [0.2, 0.25) is 0 Å². The number of carbonyl (C=O) groups is 3. The summed E-state index contributed by atoms with van der Waals surface area (Å²) in [7, 11) is 0. The van der Waals surface area contributed by atoms with E-state index in [-0.39, 0.29) is 12.3 Å². The molecule has 1 aromatic carbocycles. The van der Waals surface area contributed by atoms with Crippen molar-refractivity contribution in [2.75, 3.05) is 19.8 Å². The van der Waals surface area contributed by atoms with Gasteiger partial charge in [0, 0.05) is 17.4 Å². The summed E-state index contributed by atoms with van der Waals surface area (Å²) in [4.78, 5) is 34.4. The second-order valence-corrected chi connectivity index (χ2v) is 6.63. The molecule has 0 radical (unpaired) electrons. The van der Waals surface area contributed by atoms with E-state index >= 15 is 0 Å². The highest BCUT2D eigenvalue weighted by Crippen LogP contribution is 2.16. The van der Waals surface area contributed by atoms with Gasteiger partial charge in [0.2, 0.25) is 0 Å². The number of hydrogen-bond donors (Lipinski definition) is 2. The molecule has 2 N–H and O–H groups in total. The standard InChI is InChI=1S/C17H23BrN2O5/c1-12(2)10-19-17(23)20-15(21)11-25-16(22)4-3-9-24-14-7-5-13(18)6-8-14/h5-8,12H,3-4,9-11H2,1-2H3,(H2,19,20,21,23). The lowest BCUT2D eigenvalue weighted by molar-refractivity contribution is -0.148. The number of nitrogens with one attached hydrogen (secondary N) is 2. The molecule has 7 nitrogen and oxygen atoms in total. The van der Waals surface area contributed by atoms with E-state index in [0.717, 1.165) is 4.47 Å². The Morgan fingerprint density at radius 2 is 1.84 bits per heavy atom. The van der Waals surface area contributed by atoms with Gasteiger partial charge < -0.3 is 14.8 Å². The average molecular weight is 415 g/mol. The highest BCUT2D eigenvalue weighted by Gasteiger charge is 2.11. The largest absolute Gasteiger partial charge is 0.494 e. The molecule has 0 heterocycles. The quantitative estimate of drug-likeness (QED) is 0.478. The fourth-order valence-corrected chi connectivity index (χ4v) is 1.92. The summed E-state index contributed by atoms with van der Waals surface area (Å²) in [5.41, 5.74) is 0. The predicted molar refractivity (Wildman–Crippen MR) is 96.2 cm³/mol. The fourth-order valence-electron chi connectivity index (χ4n) is 1.66. The summed E-state index contributed by atoms with van der Waals surface area (Å²) in [5.74, 6) is -0.195. The molecule has 138 valence electrons. The van der Waals surface area contributed by atoms with E-state index in [1.165, 1.54) is 0 Å². The van der Waals surface area contributed by atoms with Crippen LogP contribution in [-0.4, -0.2) is 37.7 Å². The number of carbonyl (C=O) groups excluding carboxylic acids is 3. The van der Waals surface area contributed by atoms with Crippen molar-refractivity contribution in [3.05, 3.63) is 28.7 Å². The van der Waals surface area contributed by atoms with Crippen LogP contribution >= 0.6 is 15.9 Å². The molecule has 0 saturated carbocycles. The summed E-state index contributed by atoms with van der Waals surface area (Å²) in [6.07, 6.45) is 0.592. The number of ether oxygens (including phenoxy) is 2. The maximum absolute atomic E-state index is 11.5. The summed E-state index contributed by atoms with van der Waals surface area (Å²) < 4.78 is 11.2. The zero-order valence-corrected chi connectivity index (χ0v) is 15.9. The molecular weight excluding hydrogens is 392 g/mol. The number of halogens is 1. The van der Waals surface area contributed by atoms with Crippen LogP contribution in [0.4, 0.5) is 4.79 Å². The molecule has 0 fully saturated rings. The zero-order valence-electron chi connectivity index (χ0n) is 14.3. The Labute approximate surface area is 155 Å². The van der Waals surface area contributed by atoms with Crippen molar-refractivity contribution in [1.82, 2.24) is 10.6 Å². The van der Waals surface area contributed by atoms with Crippen molar-refractivity contribution in [2.24, 2.45) is 5.92 Å². The smallest absolute Gasteiger partial charge is 0.321 e. The Bertz CT molecular complexity index is 575. The van der Waals surface area contributed by atoms with Crippen molar-refractivity contribution in [2.45, 2.75) is 26.7 Å². The van der Waals surface area contributed by atoms with Gasteiger partial charge in [0.15, 0.2) is 6.61 Å². The third-order valence-corrected chi connectivity index (χ3v) is 3.42. The topological polar surface area (TPSA) is 93.7 Å². The van der Waals surface area contributed by atoms with Gasteiger partial charge in [-0.3, -0.25) is 14.9 Å². The molecule has 0 aliphatic rings. The van der Waals surface area contributed by atoms with Gasteiger partial charge in [-0.15, -0.1) is 0 Å². The van der Waals surface area contributed by atoms with Crippen LogP contribution in [0.15, 0.2) is 28.7 Å². The van der Waals surface area contributed by atoms with Gasteiger partial charge in [-0.25, -0.2) is 4.79 Å². The van der Waals surface area contributed by atoms with Gasteiger partial charge in [0.1, 0.15) is 5.75 Å². The number of imide groups is 1. The summed E-state index contributed by atoms with van der Waals surface area (Å²) >= 11 is 3.33. The molecular formula is C17H23BrN2O5. The Hall–Kier alpha value is -2.09. The molecule has 0 spiro atoms. The van der Waals surface area contributed by atoms with Gasteiger partial charge in [-0.05, 0) is 36.6 Å². The normalized spacial score (nSPS) is 10.2. The van der Waals surface area contributed by atoms with Crippen molar-refractivity contribution in [3.63, 3.8) is 0 Å². The Morgan fingerprint density at radius 1 is 1.16 bits per heavy atom. The SMILES string of the molecule is CC(C)CNC(=O)NC(=O)COC(=O)CCCOc1ccc(Br)cc1. The molecule has 0 aromatic heterocycles.